The maximum absolute atomic E-state index is 12.7. The minimum absolute atomic E-state index is 0.00439. The smallest absolute Gasteiger partial charge is 0.205 e. The Labute approximate surface area is 128 Å². The number of fused-ring (bicyclic) bond motifs is 2. The highest BCUT2D eigenvalue weighted by molar-refractivity contribution is 7.28. The van der Waals surface area contributed by atoms with Crippen molar-refractivity contribution >= 4 is 48.8 Å². The van der Waals surface area contributed by atoms with Gasteiger partial charge in [-0.3, -0.25) is 4.79 Å². The van der Waals surface area contributed by atoms with E-state index >= 15 is 0 Å². The molecule has 0 amide bonds. The third-order valence-corrected chi connectivity index (χ3v) is 5.51. The third kappa shape index (κ3) is 1.88. The fourth-order valence-corrected chi connectivity index (χ4v) is 4.45. The van der Waals surface area contributed by atoms with E-state index in [-0.39, 0.29) is 5.78 Å². The van der Waals surface area contributed by atoms with Gasteiger partial charge < -0.3 is 4.98 Å². The Morgan fingerprint density at radius 1 is 1.19 bits per heavy atom. The number of carbonyl (C=O) groups excluding carboxylic acids is 1. The molecule has 0 aliphatic heterocycles. The fraction of sp³-hybridized carbons (Fsp3) is 0. The van der Waals surface area contributed by atoms with Gasteiger partial charge in [0.05, 0.1) is 16.5 Å². The molecule has 0 spiro atoms. The number of benzene rings is 1. The highest BCUT2D eigenvalue weighted by atomic mass is 32.1. The number of aromatic nitrogens is 1. The first kappa shape index (κ1) is 12.3. The van der Waals surface area contributed by atoms with Crippen LogP contribution in [0.3, 0.4) is 0 Å². The molecule has 0 bridgehead atoms. The SMILES string of the molecule is N#Cc1ccc2[nH]cc(C(=O)c3cc4sccc4s3)c2c1. The highest BCUT2D eigenvalue weighted by Gasteiger charge is 2.17. The van der Waals surface area contributed by atoms with Gasteiger partial charge in [-0.1, -0.05) is 0 Å². The average Bonchev–Trinajstić information content (AvgIpc) is 3.19. The summed E-state index contributed by atoms with van der Waals surface area (Å²) < 4.78 is 2.28. The van der Waals surface area contributed by atoms with E-state index in [4.69, 9.17) is 5.26 Å². The van der Waals surface area contributed by atoms with Crippen LogP contribution in [0.15, 0.2) is 41.9 Å². The number of hydrogen-bond donors (Lipinski definition) is 1. The van der Waals surface area contributed by atoms with Crippen LogP contribution in [0, 0.1) is 11.3 Å². The number of nitrogens with one attached hydrogen (secondary N) is 1. The van der Waals surface area contributed by atoms with E-state index in [1.807, 2.05) is 23.6 Å². The first-order chi connectivity index (χ1) is 10.3. The van der Waals surface area contributed by atoms with Crippen molar-refractivity contribution in [3.8, 4) is 6.07 Å². The second-order valence-corrected chi connectivity index (χ2v) is 6.69. The minimum Gasteiger partial charge on any atom is -0.360 e. The van der Waals surface area contributed by atoms with Gasteiger partial charge in [-0.2, -0.15) is 5.26 Å². The molecule has 0 aliphatic carbocycles. The summed E-state index contributed by atoms with van der Waals surface area (Å²) in [4.78, 5) is 16.5. The minimum atomic E-state index is 0.00439. The van der Waals surface area contributed by atoms with Gasteiger partial charge in [0.25, 0.3) is 0 Å². The predicted molar refractivity (Wildman–Crippen MR) is 86.1 cm³/mol. The van der Waals surface area contributed by atoms with Crippen molar-refractivity contribution in [2.45, 2.75) is 0 Å². The molecule has 0 radical (unpaired) electrons. The van der Waals surface area contributed by atoms with Gasteiger partial charge in [0.1, 0.15) is 0 Å². The zero-order valence-electron chi connectivity index (χ0n) is 10.7. The Kier molecular flexibility index (Phi) is 2.67. The lowest BCUT2D eigenvalue weighted by molar-refractivity contribution is 0.104. The molecule has 3 aromatic heterocycles. The monoisotopic (exact) mass is 308 g/mol. The van der Waals surface area contributed by atoms with Crippen LogP contribution in [0.1, 0.15) is 20.8 Å². The van der Waals surface area contributed by atoms with Crippen LogP contribution in [0.4, 0.5) is 0 Å². The van der Waals surface area contributed by atoms with Crippen LogP contribution >= 0.6 is 22.7 Å². The van der Waals surface area contributed by atoms with Crippen molar-refractivity contribution in [1.29, 1.82) is 5.26 Å². The number of nitrogens with zero attached hydrogens (tertiary/aromatic N) is 1. The van der Waals surface area contributed by atoms with Gasteiger partial charge in [0.2, 0.25) is 5.78 Å². The zero-order valence-corrected chi connectivity index (χ0v) is 12.3. The maximum Gasteiger partial charge on any atom is 0.205 e. The molecule has 3 nitrogen and oxygen atoms in total. The Balaban J connectivity index is 1.87. The Bertz CT molecular complexity index is 1000. The van der Waals surface area contributed by atoms with Gasteiger partial charge in [-0.15, -0.1) is 22.7 Å². The lowest BCUT2D eigenvalue weighted by Crippen LogP contribution is -1.96. The summed E-state index contributed by atoms with van der Waals surface area (Å²) in [5.41, 5.74) is 2.05. The van der Waals surface area contributed by atoms with E-state index in [0.29, 0.717) is 11.1 Å². The molecule has 1 aromatic carbocycles. The molecule has 3 heterocycles. The maximum atomic E-state index is 12.7. The normalized spacial score (nSPS) is 11.0. The molecule has 0 saturated heterocycles. The van der Waals surface area contributed by atoms with Crippen molar-refractivity contribution < 1.29 is 4.79 Å². The summed E-state index contributed by atoms with van der Waals surface area (Å²) in [6.07, 6.45) is 1.72. The van der Waals surface area contributed by atoms with Crippen molar-refractivity contribution in [3.63, 3.8) is 0 Å². The molecule has 0 unspecified atom stereocenters. The second-order valence-electron chi connectivity index (χ2n) is 4.66. The van der Waals surface area contributed by atoms with Crippen molar-refractivity contribution in [3.05, 3.63) is 57.9 Å². The molecule has 5 heteroatoms. The third-order valence-electron chi connectivity index (χ3n) is 3.42. The van der Waals surface area contributed by atoms with Crippen LogP contribution < -0.4 is 0 Å². The molecule has 0 saturated carbocycles. The van der Waals surface area contributed by atoms with Gasteiger partial charge >= 0.3 is 0 Å². The van der Waals surface area contributed by atoms with E-state index in [1.165, 1.54) is 11.3 Å². The van der Waals surface area contributed by atoms with E-state index in [2.05, 4.69) is 11.1 Å². The number of rotatable bonds is 2. The number of H-pyrrole nitrogens is 1. The molecule has 100 valence electrons. The van der Waals surface area contributed by atoms with Crippen LogP contribution in [-0.4, -0.2) is 10.8 Å². The summed E-state index contributed by atoms with van der Waals surface area (Å²) >= 11 is 3.15. The second kappa shape index (κ2) is 4.55. The Morgan fingerprint density at radius 2 is 2.10 bits per heavy atom. The van der Waals surface area contributed by atoms with Crippen molar-refractivity contribution in [2.24, 2.45) is 0 Å². The Hall–Kier alpha value is -2.42. The molecule has 0 atom stereocenters. The molecule has 0 fully saturated rings. The average molecular weight is 308 g/mol. The quantitative estimate of drug-likeness (QED) is 0.552. The summed E-state index contributed by atoms with van der Waals surface area (Å²) in [6, 6.07) is 11.4. The van der Waals surface area contributed by atoms with Gasteiger partial charge in [-0.25, -0.2) is 0 Å². The summed E-state index contributed by atoms with van der Waals surface area (Å²) in [6.45, 7) is 0. The van der Waals surface area contributed by atoms with Crippen LogP contribution in [-0.2, 0) is 0 Å². The molecule has 21 heavy (non-hydrogen) atoms. The molecule has 4 aromatic rings. The van der Waals surface area contributed by atoms with Gasteiger partial charge in [0.15, 0.2) is 0 Å². The summed E-state index contributed by atoms with van der Waals surface area (Å²) in [7, 11) is 0. The van der Waals surface area contributed by atoms with Crippen molar-refractivity contribution in [2.75, 3.05) is 0 Å². The highest BCUT2D eigenvalue weighted by Crippen LogP contribution is 2.32. The molecule has 0 aliphatic rings. The van der Waals surface area contributed by atoms with Crippen molar-refractivity contribution in [1.82, 2.24) is 4.98 Å². The first-order valence-electron chi connectivity index (χ1n) is 6.29. The van der Waals surface area contributed by atoms with E-state index in [0.717, 1.165) is 25.2 Å². The number of hydrogen-bond acceptors (Lipinski definition) is 4. The van der Waals surface area contributed by atoms with Crippen LogP contribution in [0.25, 0.3) is 20.3 Å². The topological polar surface area (TPSA) is 56.6 Å². The number of carbonyl (C=O) groups is 1. The Morgan fingerprint density at radius 3 is 2.90 bits per heavy atom. The van der Waals surface area contributed by atoms with Crippen LogP contribution in [0.5, 0.6) is 0 Å². The number of nitriles is 1. The molecule has 1 N–H and O–H groups in total. The number of thiophene rings is 2. The summed E-state index contributed by atoms with van der Waals surface area (Å²) in [5, 5.41) is 11.8. The lowest BCUT2D eigenvalue weighted by Gasteiger charge is -1.96. The van der Waals surface area contributed by atoms with E-state index in [1.54, 1.807) is 29.7 Å². The zero-order chi connectivity index (χ0) is 14.4. The molecular weight excluding hydrogens is 300 g/mol. The molecular formula is C16H8N2OS2. The number of aromatic amines is 1. The molecule has 4 rings (SSSR count). The van der Waals surface area contributed by atoms with E-state index < -0.39 is 0 Å². The lowest BCUT2D eigenvalue weighted by atomic mass is 10.1. The van der Waals surface area contributed by atoms with Gasteiger partial charge in [-0.05, 0) is 35.7 Å². The first-order valence-corrected chi connectivity index (χ1v) is 7.99. The largest absolute Gasteiger partial charge is 0.360 e. The van der Waals surface area contributed by atoms with Crippen LogP contribution in [0.2, 0.25) is 0 Å². The van der Waals surface area contributed by atoms with Gasteiger partial charge in [0, 0.05) is 32.1 Å². The standard InChI is InChI=1S/C16H8N2OS2/c17-7-9-1-2-12-10(5-9)11(8-18-12)16(19)15-6-14-13(21-15)3-4-20-14/h1-6,8,18H. The number of ketones is 1. The summed E-state index contributed by atoms with van der Waals surface area (Å²) in [5.74, 6) is 0.00439. The van der Waals surface area contributed by atoms with E-state index in [9.17, 15) is 4.79 Å². The fourth-order valence-electron chi connectivity index (χ4n) is 2.39. The predicted octanol–water partition coefficient (Wildman–Crippen LogP) is 4.55.